The lowest BCUT2D eigenvalue weighted by molar-refractivity contribution is -0.203. The van der Waals surface area contributed by atoms with Gasteiger partial charge in [0.1, 0.15) is 5.02 Å². The Bertz CT molecular complexity index is 1620. The number of aromatic nitrogens is 4. The predicted molar refractivity (Wildman–Crippen MR) is 179 cm³/mol. The number of nitrogens with one attached hydrogen (secondary N) is 3. The van der Waals surface area contributed by atoms with E-state index >= 15 is 0 Å². The number of rotatable bonds is 12. The minimum absolute atomic E-state index is 0.264. The molecule has 242 valence electrons. The number of hydrogen-bond acceptors (Lipinski definition) is 8. The summed E-state index contributed by atoms with van der Waals surface area (Å²) in [6, 6.07) is 7.50. The van der Waals surface area contributed by atoms with Gasteiger partial charge in [-0.1, -0.05) is 37.2 Å². The standard InChI is InChI=1S/C34H42ClN9O2/c1-3-30(45)39-24-6-4-5-22(15-24)18-36-32-29(35)20-37-33(41-32)40-25-19-38-44(21-25)14-11-42-9-12-43(13-10-42)31(46)17-26-27-8-7-23-16-28(26)34(23,27)2/h3-6,15,19-21,23,26-28H,1,7-14,16-18H2,2H3,(H,39,45)(H2,36,37,40,41)/t23-,26?,27+,28-,34?/m0/s1. The average molecular weight is 644 g/mol. The molecule has 12 heteroatoms. The summed E-state index contributed by atoms with van der Waals surface area (Å²) in [4.78, 5) is 38.1. The van der Waals surface area contributed by atoms with Crippen molar-refractivity contribution in [2.75, 3.05) is 48.7 Å². The molecule has 7 rings (SSSR count). The van der Waals surface area contributed by atoms with Crippen LogP contribution in [0.4, 0.5) is 23.1 Å². The molecule has 0 bridgehead atoms. The molecule has 3 heterocycles. The third kappa shape index (κ3) is 5.98. The molecule has 2 amide bonds. The maximum atomic E-state index is 13.1. The zero-order chi connectivity index (χ0) is 31.8. The van der Waals surface area contributed by atoms with Crippen LogP contribution in [0.15, 0.2) is 55.5 Å². The number of anilines is 4. The van der Waals surface area contributed by atoms with Crippen molar-refractivity contribution in [3.63, 3.8) is 0 Å². The van der Waals surface area contributed by atoms with Gasteiger partial charge in [-0.2, -0.15) is 10.1 Å². The van der Waals surface area contributed by atoms with Crippen LogP contribution in [0.25, 0.3) is 0 Å². The first-order valence-corrected chi connectivity index (χ1v) is 16.8. The average Bonchev–Trinajstić information content (AvgIpc) is 3.50. The molecular weight excluding hydrogens is 602 g/mol. The molecule has 3 saturated carbocycles. The van der Waals surface area contributed by atoms with E-state index in [-0.39, 0.29) is 5.91 Å². The fraction of sp³-hybridized carbons (Fsp3) is 0.500. The Balaban J connectivity index is 0.852. The molecule has 46 heavy (non-hydrogen) atoms. The summed E-state index contributed by atoms with van der Waals surface area (Å²) < 4.78 is 1.91. The van der Waals surface area contributed by atoms with Crippen LogP contribution in [0, 0.1) is 29.1 Å². The van der Waals surface area contributed by atoms with Gasteiger partial charge in [0.25, 0.3) is 0 Å². The minimum atomic E-state index is -0.264. The molecule has 1 aromatic carbocycles. The summed E-state index contributed by atoms with van der Waals surface area (Å²) in [5.74, 6) is 4.19. The fourth-order valence-corrected chi connectivity index (χ4v) is 8.74. The van der Waals surface area contributed by atoms with Gasteiger partial charge in [-0.15, -0.1) is 0 Å². The number of carbonyl (C=O) groups is 2. The normalized spacial score (nSPS) is 26.4. The first-order valence-electron chi connectivity index (χ1n) is 16.4. The molecule has 3 aromatic rings. The largest absolute Gasteiger partial charge is 0.365 e. The van der Waals surface area contributed by atoms with Crippen molar-refractivity contribution in [2.24, 2.45) is 29.1 Å². The van der Waals surface area contributed by atoms with Crippen LogP contribution >= 0.6 is 11.6 Å². The molecule has 5 atom stereocenters. The Morgan fingerprint density at radius 1 is 1.11 bits per heavy atom. The van der Waals surface area contributed by atoms with E-state index in [9.17, 15) is 9.59 Å². The van der Waals surface area contributed by atoms with E-state index < -0.39 is 0 Å². The van der Waals surface area contributed by atoms with Gasteiger partial charge in [0.15, 0.2) is 5.82 Å². The van der Waals surface area contributed by atoms with Crippen molar-refractivity contribution >= 4 is 46.6 Å². The van der Waals surface area contributed by atoms with E-state index in [1.807, 2.05) is 35.1 Å². The van der Waals surface area contributed by atoms with Crippen LogP contribution < -0.4 is 16.0 Å². The molecule has 4 fully saturated rings. The summed E-state index contributed by atoms with van der Waals surface area (Å²) in [6.07, 6.45) is 11.3. The molecule has 3 aliphatic carbocycles. The van der Waals surface area contributed by atoms with E-state index in [0.717, 1.165) is 74.7 Å². The monoisotopic (exact) mass is 643 g/mol. The van der Waals surface area contributed by atoms with Crippen LogP contribution in [0.3, 0.4) is 0 Å². The highest BCUT2D eigenvalue weighted by atomic mass is 35.5. The van der Waals surface area contributed by atoms with Crippen molar-refractivity contribution < 1.29 is 9.59 Å². The number of halogens is 1. The zero-order valence-electron chi connectivity index (χ0n) is 26.3. The smallest absolute Gasteiger partial charge is 0.247 e. The number of amides is 2. The summed E-state index contributed by atoms with van der Waals surface area (Å²) in [7, 11) is 0. The molecule has 3 N–H and O–H groups in total. The second kappa shape index (κ2) is 12.7. The maximum Gasteiger partial charge on any atom is 0.247 e. The van der Waals surface area contributed by atoms with E-state index in [1.165, 1.54) is 25.3 Å². The molecule has 1 aliphatic heterocycles. The van der Waals surface area contributed by atoms with Crippen molar-refractivity contribution in [3.8, 4) is 0 Å². The van der Waals surface area contributed by atoms with Crippen molar-refractivity contribution in [1.29, 1.82) is 0 Å². The van der Waals surface area contributed by atoms with Gasteiger partial charge in [0.05, 0.1) is 24.6 Å². The highest BCUT2D eigenvalue weighted by Gasteiger charge is 2.71. The Kier molecular flexibility index (Phi) is 8.46. The Hall–Kier alpha value is -3.96. The molecule has 0 spiro atoms. The van der Waals surface area contributed by atoms with Gasteiger partial charge in [-0.3, -0.25) is 19.2 Å². The third-order valence-electron chi connectivity index (χ3n) is 11.1. The fourth-order valence-electron chi connectivity index (χ4n) is 8.58. The van der Waals surface area contributed by atoms with Crippen LogP contribution in [0.5, 0.6) is 0 Å². The zero-order valence-corrected chi connectivity index (χ0v) is 27.0. The quantitative estimate of drug-likeness (QED) is 0.235. The molecule has 4 aliphatic rings. The topological polar surface area (TPSA) is 120 Å². The van der Waals surface area contributed by atoms with Gasteiger partial charge in [-0.25, -0.2) is 4.98 Å². The third-order valence-corrected chi connectivity index (χ3v) is 11.4. The highest BCUT2D eigenvalue weighted by Crippen LogP contribution is 2.77. The predicted octanol–water partition coefficient (Wildman–Crippen LogP) is 5.02. The van der Waals surface area contributed by atoms with Crippen molar-refractivity contribution in [3.05, 3.63) is 66.1 Å². The lowest BCUT2D eigenvalue weighted by Gasteiger charge is -2.68. The number of nitrogens with zero attached hydrogens (tertiary/aromatic N) is 6. The van der Waals surface area contributed by atoms with Gasteiger partial charge < -0.3 is 20.9 Å². The Morgan fingerprint density at radius 3 is 2.78 bits per heavy atom. The van der Waals surface area contributed by atoms with Crippen molar-refractivity contribution in [1.82, 2.24) is 29.5 Å². The SMILES string of the molecule is C=CC(=O)Nc1cccc(CNc2nc(Nc3cnn(CCN4CCN(C(=O)CC5[C@H]6CC[C@H]7C[C@@H]5C76C)CC4)c3)ncc2Cl)c1. The van der Waals surface area contributed by atoms with E-state index in [0.29, 0.717) is 46.3 Å². The second-order valence-corrected chi connectivity index (χ2v) is 13.8. The lowest BCUT2D eigenvalue weighted by atomic mass is 9.37. The van der Waals surface area contributed by atoms with E-state index in [1.54, 1.807) is 12.4 Å². The van der Waals surface area contributed by atoms with Gasteiger partial charge in [0, 0.05) is 57.6 Å². The number of carbonyl (C=O) groups excluding carboxylic acids is 2. The number of benzene rings is 1. The van der Waals surface area contributed by atoms with Crippen molar-refractivity contribution in [2.45, 2.75) is 45.7 Å². The molecule has 2 aromatic heterocycles. The molecule has 0 radical (unpaired) electrons. The molecule has 2 unspecified atom stereocenters. The Labute approximate surface area is 274 Å². The number of hydrogen-bond donors (Lipinski definition) is 3. The first kappa shape index (κ1) is 30.7. The van der Waals surface area contributed by atoms with E-state index in [2.05, 4.69) is 54.3 Å². The highest BCUT2D eigenvalue weighted by molar-refractivity contribution is 6.32. The van der Waals surface area contributed by atoms with E-state index in [4.69, 9.17) is 11.6 Å². The Morgan fingerprint density at radius 2 is 1.96 bits per heavy atom. The summed E-state index contributed by atoms with van der Waals surface area (Å²) in [5, 5.41) is 14.1. The van der Waals surface area contributed by atoms with Crippen LogP contribution in [0.2, 0.25) is 5.02 Å². The van der Waals surface area contributed by atoms with Crippen LogP contribution in [0.1, 0.15) is 38.2 Å². The summed E-state index contributed by atoms with van der Waals surface area (Å²) in [5.41, 5.74) is 2.99. The second-order valence-electron chi connectivity index (χ2n) is 13.4. The maximum absolute atomic E-state index is 13.1. The van der Waals surface area contributed by atoms with Gasteiger partial charge in [0.2, 0.25) is 17.8 Å². The van der Waals surface area contributed by atoms with Gasteiger partial charge >= 0.3 is 0 Å². The molecule has 11 nitrogen and oxygen atoms in total. The lowest BCUT2D eigenvalue weighted by Crippen LogP contribution is -2.63. The van der Waals surface area contributed by atoms with Crippen LogP contribution in [-0.2, 0) is 22.7 Å². The van der Waals surface area contributed by atoms with Crippen LogP contribution in [-0.4, -0.2) is 74.1 Å². The number of piperazine rings is 1. The first-order chi connectivity index (χ1) is 22.3. The minimum Gasteiger partial charge on any atom is -0.365 e. The molecule has 1 saturated heterocycles. The summed E-state index contributed by atoms with van der Waals surface area (Å²) >= 11 is 6.37. The summed E-state index contributed by atoms with van der Waals surface area (Å²) in [6.45, 7) is 11.5. The molecular formula is C34H42ClN9O2. The van der Waals surface area contributed by atoms with Gasteiger partial charge in [-0.05, 0) is 72.1 Å².